The van der Waals surface area contributed by atoms with Gasteiger partial charge in [0.05, 0.1) is 18.1 Å². The first-order chi connectivity index (χ1) is 11.0. The minimum Gasteiger partial charge on any atom is -0.481 e. The molecule has 0 aromatic heterocycles. The standard InChI is InChI=1S/C16H20N2O5/c1-2-23-15(21)12-3-5-13(6-4-12)17-16(22)18-9-7-11(8-10-18)14(19)20/h3-6,11H,2,7-10H2,1H3,(H,17,22)(H,19,20). The van der Waals surface area contributed by atoms with Crippen LogP contribution in [0, 0.1) is 5.92 Å². The van der Waals surface area contributed by atoms with Crippen LogP contribution in [0.5, 0.6) is 0 Å². The van der Waals surface area contributed by atoms with E-state index in [0.29, 0.717) is 43.8 Å². The third-order valence-electron chi connectivity index (χ3n) is 3.78. The summed E-state index contributed by atoms with van der Waals surface area (Å²) in [6.07, 6.45) is 0.926. The van der Waals surface area contributed by atoms with Crippen molar-refractivity contribution in [2.75, 3.05) is 25.0 Å². The molecule has 1 heterocycles. The topological polar surface area (TPSA) is 95.9 Å². The average Bonchev–Trinajstić information content (AvgIpc) is 2.55. The van der Waals surface area contributed by atoms with Crippen LogP contribution in [0.25, 0.3) is 0 Å². The molecule has 0 aliphatic carbocycles. The fourth-order valence-electron chi connectivity index (χ4n) is 2.44. The SMILES string of the molecule is CCOC(=O)c1ccc(NC(=O)N2CCC(C(=O)O)CC2)cc1. The molecule has 1 fully saturated rings. The molecule has 0 radical (unpaired) electrons. The van der Waals surface area contributed by atoms with Crippen LogP contribution in [0.2, 0.25) is 0 Å². The number of nitrogens with one attached hydrogen (secondary N) is 1. The Balaban J connectivity index is 1.88. The molecule has 2 amide bonds. The van der Waals surface area contributed by atoms with Crippen molar-refractivity contribution in [3.63, 3.8) is 0 Å². The van der Waals surface area contributed by atoms with Gasteiger partial charge in [-0.2, -0.15) is 0 Å². The van der Waals surface area contributed by atoms with Crippen molar-refractivity contribution in [1.82, 2.24) is 4.90 Å². The van der Waals surface area contributed by atoms with E-state index in [-0.39, 0.29) is 11.9 Å². The zero-order valence-electron chi connectivity index (χ0n) is 12.9. The van der Waals surface area contributed by atoms with E-state index in [1.165, 1.54) is 0 Å². The van der Waals surface area contributed by atoms with Crippen molar-refractivity contribution in [2.45, 2.75) is 19.8 Å². The zero-order chi connectivity index (χ0) is 16.8. The van der Waals surface area contributed by atoms with Crippen molar-refractivity contribution in [1.29, 1.82) is 0 Å². The Bertz CT molecular complexity index is 577. The molecular weight excluding hydrogens is 300 g/mol. The number of hydrogen-bond donors (Lipinski definition) is 2. The number of rotatable bonds is 4. The number of aliphatic carboxylic acids is 1. The maximum absolute atomic E-state index is 12.1. The van der Waals surface area contributed by atoms with Crippen molar-refractivity contribution in [3.8, 4) is 0 Å². The van der Waals surface area contributed by atoms with E-state index in [9.17, 15) is 14.4 Å². The summed E-state index contributed by atoms with van der Waals surface area (Å²) < 4.78 is 4.89. The third kappa shape index (κ3) is 4.45. The van der Waals surface area contributed by atoms with Gasteiger partial charge >= 0.3 is 18.0 Å². The minimum atomic E-state index is -0.806. The molecular formula is C16H20N2O5. The summed E-state index contributed by atoms with van der Waals surface area (Å²) in [4.78, 5) is 36.2. The molecule has 1 aromatic rings. The summed E-state index contributed by atoms with van der Waals surface area (Å²) in [5.41, 5.74) is 0.996. The molecule has 2 rings (SSSR count). The molecule has 1 aliphatic heterocycles. The van der Waals surface area contributed by atoms with Gasteiger partial charge in [0.25, 0.3) is 0 Å². The number of carboxylic acids is 1. The molecule has 1 aromatic carbocycles. The Hall–Kier alpha value is -2.57. The van der Waals surface area contributed by atoms with Gasteiger partial charge in [-0.05, 0) is 44.0 Å². The first kappa shape index (κ1) is 16.8. The van der Waals surface area contributed by atoms with Crippen LogP contribution in [0.3, 0.4) is 0 Å². The van der Waals surface area contributed by atoms with E-state index in [1.807, 2.05) is 0 Å². The summed E-state index contributed by atoms with van der Waals surface area (Å²) in [5.74, 6) is -1.58. The molecule has 1 saturated heterocycles. The maximum atomic E-state index is 12.1. The third-order valence-corrected chi connectivity index (χ3v) is 3.78. The Morgan fingerprint density at radius 3 is 2.35 bits per heavy atom. The normalized spacial score (nSPS) is 15.1. The summed E-state index contributed by atoms with van der Waals surface area (Å²) in [6.45, 7) is 2.89. The molecule has 1 aliphatic rings. The van der Waals surface area contributed by atoms with Gasteiger partial charge in [-0.3, -0.25) is 4.79 Å². The fourth-order valence-corrected chi connectivity index (χ4v) is 2.44. The number of ether oxygens (including phenoxy) is 1. The Labute approximate surface area is 134 Å². The van der Waals surface area contributed by atoms with Gasteiger partial charge in [0.2, 0.25) is 0 Å². The Morgan fingerprint density at radius 1 is 1.22 bits per heavy atom. The van der Waals surface area contributed by atoms with Crippen molar-refractivity contribution in [3.05, 3.63) is 29.8 Å². The number of carbonyl (C=O) groups is 3. The van der Waals surface area contributed by atoms with Gasteiger partial charge in [-0.15, -0.1) is 0 Å². The highest BCUT2D eigenvalue weighted by Crippen LogP contribution is 2.18. The first-order valence-corrected chi connectivity index (χ1v) is 7.57. The van der Waals surface area contributed by atoms with E-state index < -0.39 is 11.9 Å². The number of nitrogens with zero attached hydrogens (tertiary/aromatic N) is 1. The number of hydrogen-bond acceptors (Lipinski definition) is 4. The molecule has 2 N–H and O–H groups in total. The van der Waals surface area contributed by atoms with Gasteiger partial charge in [0, 0.05) is 18.8 Å². The largest absolute Gasteiger partial charge is 0.481 e. The molecule has 0 unspecified atom stereocenters. The smallest absolute Gasteiger partial charge is 0.338 e. The van der Waals surface area contributed by atoms with Crippen LogP contribution in [0.15, 0.2) is 24.3 Å². The van der Waals surface area contributed by atoms with E-state index >= 15 is 0 Å². The van der Waals surface area contributed by atoms with Crippen LogP contribution in [0.4, 0.5) is 10.5 Å². The van der Waals surface area contributed by atoms with E-state index in [1.54, 1.807) is 36.1 Å². The lowest BCUT2D eigenvalue weighted by molar-refractivity contribution is -0.143. The van der Waals surface area contributed by atoms with Crippen LogP contribution in [0.1, 0.15) is 30.1 Å². The first-order valence-electron chi connectivity index (χ1n) is 7.57. The highest BCUT2D eigenvalue weighted by atomic mass is 16.5. The van der Waals surface area contributed by atoms with Crippen molar-refractivity contribution in [2.24, 2.45) is 5.92 Å². The molecule has 0 spiro atoms. The number of carboxylic acid groups (broad SMARTS) is 1. The Kier molecular flexibility index (Phi) is 5.56. The molecule has 7 heteroatoms. The number of benzene rings is 1. The Morgan fingerprint density at radius 2 is 1.83 bits per heavy atom. The number of urea groups is 1. The lowest BCUT2D eigenvalue weighted by Crippen LogP contribution is -2.42. The maximum Gasteiger partial charge on any atom is 0.338 e. The second-order valence-corrected chi connectivity index (χ2v) is 5.33. The van der Waals surface area contributed by atoms with Crippen LogP contribution >= 0.6 is 0 Å². The molecule has 7 nitrogen and oxygen atoms in total. The monoisotopic (exact) mass is 320 g/mol. The highest BCUT2D eigenvalue weighted by Gasteiger charge is 2.26. The van der Waals surface area contributed by atoms with Crippen molar-refractivity contribution < 1.29 is 24.2 Å². The van der Waals surface area contributed by atoms with E-state index in [2.05, 4.69) is 5.32 Å². The fraction of sp³-hybridized carbons (Fsp3) is 0.438. The number of amides is 2. The van der Waals surface area contributed by atoms with Gasteiger partial charge in [-0.1, -0.05) is 0 Å². The lowest BCUT2D eigenvalue weighted by Gasteiger charge is -2.30. The second-order valence-electron chi connectivity index (χ2n) is 5.33. The summed E-state index contributed by atoms with van der Waals surface area (Å²) in [7, 11) is 0. The van der Waals surface area contributed by atoms with Gasteiger partial charge in [0.1, 0.15) is 0 Å². The summed E-state index contributed by atoms with van der Waals surface area (Å²) >= 11 is 0. The zero-order valence-corrected chi connectivity index (χ0v) is 12.9. The van der Waals surface area contributed by atoms with Crippen LogP contribution < -0.4 is 5.32 Å². The molecule has 23 heavy (non-hydrogen) atoms. The van der Waals surface area contributed by atoms with Gasteiger partial charge < -0.3 is 20.1 Å². The molecule has 0 bridgehead atoms. The van der Waals surface area contributed by atoms with Crippen molar-refractivity contribution >= 4 is 23.7 Å². The minimum absolute atomic E-state index is 0.266. The van der Waals surface area contributed by atoms with Crippen LogP contribution in [-0.4, -0.2) is 47.7 Å². The highest BCUT2D eigenvalue weighted by molar-refractivity contribution is 5.92. The van der Waals surface area contributed by atoms with E-state index in [0.717, 1.165) is 0 Å². The van der Waals surface area contributed by atoms with Gasteiger partial charge in [0.15, 0.2) is 0 Å². The predicted molar refractivity (Wildman–Crippen MR) is 83.4 cm³/mol. The number of carbonyl (C=O) groups excluding carboxylic acids is 2. The summed E-state index contributed by atoms with van der Waals surface area (Å²) in [5, 5.41) is 11.7. The number of piperidine rings is 1. The average molecular weight is 320 g/mol. The summed E-state index contributed by atoms with van der Waals surface area (Å²) in [6, 6.07) is 6.18. The van der Waals surface area contributed by atoms with Gasteiger partial charge in [-0.25, -0.2) is 9.59 Å². The number of anilines is 1. The molecule has 0 atom stereocenters. The van der Waals surface area contributed by atoms with Crippen LogP contribution in [-0.2, 0) is 9.53 Å². The quantitative estimate of drug-likeness (QED) is 0.829. The predicted octanol–water partition coefficient (Wildman–Crippen LogP) is 2.19. The molecule has 0 saturated carbocycles. The second kappa shape index (κ2) is 7.62. The molecule has 124 valence electrons. The van der Waals surface area contributed by atoms with E-state index in [4.69, 9.17) is 9.84 Å². The lowest BCUT2D eigenvalue weighted by atomic mass is 9.97. The number of likely N-dealkylation sites (tertiary alicyclic amines) is 1. The number of esters is 1.